The minimum atomic E-state index is -0.572. The highest BCUT2D eigenvalue weighted by atomic mass is 16.6. The van der Waals surface area contributed by atoms with Crippen LogP contribution in [0.5, 0.6) is 0 Å². The van der Waals surface area contributed by atoms with Crippen molar-refractivity contribution >= 4 is 11.9 Å². The van der Waals surface area contributed by atoms with E-state index in [1.54, 1.807) is 12.2 Å². The molecule has 0 amide bonds. The molecule has 15 heavy (non-hydrogen) atoms. The second-order valence-corrected chi connectivity index (χ2v) is 3.55. The molecule has 2 rings (SSSR count). The van der Waals surface area contributed by atoms with Gasteiger partial charge in [-0.25, -0.2) is 0 Å². The SMILES string of the molecule is COC(=O)[C@@H]1[C@H](C(=O)OC)[C@@H]2C=C[C@H]1O2. The molecule has 2 aliphatic rings. The molecule has 2 aliphatic heterocycles. The number of hydrogen-bond donors (Lipinski definition) is 0. The summed E-state index contributed by atoms with van der Waals surface area (Å²) in [4.78, 5) is 23.0. The lowest BCUT2D eigenvalue weighted by Gasteiger charge is -2.20. The third kappa shape index (κ3) is 1.43. The van der Waals surface area contributed by atoms with E-state index < -0.39 is 23.8 Å². The Morgan fingerprint density at radius 3 is 1.73 bits per heavy atom. The number of hydrogen-bond acceptors (Lipinski definition) is 5. The maximum Gasteiger partial charge on any atom is 0.312 e. The largest absolute Gasteiger partial charge is 0.469 e. The van der Waals surface area contributed by atoms with Crippen LogP contribution in [0.15, 0.2) is 12.2 Å². The molecule has 0 spiro atoms. The average molecular weight is 212 g/mol. The van der Waals surface area contributed by atoms with Crippen molar-refractivity contribution in [3.63, 3.8) is 0 Å². The molecule has 0 N–H and O–H groups in total. The fourth-order valence-corrected chi connectivity index (χ4v) is 2.14. The normalized spacial score (nSPS) is 36.7. The van der Waals surface area contributed by atoms with Gasteiger partial charge in [0, 0.05) is 0 Å². The van der Waals surface area contributed by atoms with Crippen LogP contribution in [-0.4, -0.2) is 38.4 Å². The summed E-state index contributed by atoms with van der Waals surface area (Å²) in [7, 11) is 2.60. The Kier molecular flexibility index (Phi) is 2.48. The van der Waals surface area contributed by atoms with Crippen molar-refractivity contribution in [2.45, 2.75) is 12.2 Å². The highest BCUT2D eigenvalue weighted by molar-refractivity contribution is 5.84. The molecule has 0 aromatic carbocycles. The predicted molar refractivity (Wildman–Crippen MR) is 48.8 cm³/mol. The van der Waals surface area contributed by atoms with Crippen LogP contribution >= 0.6 is 0 Å². The Morgan fingerprint density at radius 2 is 1.40 bits per heavy atom. The number of carbonyl (C=O) groups excluding carboxylic acids is 2. The molecule has 2 bridgehead atoms. The van der Waals surface area contributed by atoms with Gasteiger partial charge in [0.15, 0.2) is 0 Å². The van der Waals surface area contributed by atoms with E-state index in [0.29, 0.717) is 0 Å². The highest BCUT2D eigenvalue weighted by Gasteiger charge is 2.54. The fourth-order valence-electron chi connectivity index (χ4n) is 2.14. The number of esters is 2. The minimum absolute atomic E-state index is 0.355. The first-order valence-corrected chi connectivity index (χ1v) is 4.68. The Balaban J connectivity index is 2.24. The van der Waals surface area contributed by atoms with Gasteiger partial charge in [0.2, 0.25) is 0 Å². The van der Waals surface area contributed by atoms with Gasteiger partial charge in [-0.3, -0.25) is 9.59 Å². The van der Waals surface area contributed by atoms with Gasteiger partial charge < -0.3 is 14.2 Å². The second kappa shape index (κ2) is 3.66. The van der Waals surface area contributed by atoms with E-state index in [-0.39, 0.29) is 12.2 Å². The van der Waals surface area contributed by atoms with Crippen LogP contribution in [0.4, 0.5) is 0 Å². The van der Waals surface area contributed by atoms with Crippen molar-refractivity contribution in [2.24, 2.45) is 11.8 Å². The molecule has 0 aromatic rings. The molecule has 2 heterocycles. The molecular formula is C10H12O5. The van der Waals surface area contributed by atoms with Gasteiger partial charge in [-0.15, -0.1) is 0 Å². The summed E-state index contributed by atoms with van der Waals surface area (Å²) in [6, 6.07) is 0. The summed E-state index contributed by atoms with van der Waals surface area (Å²) in [6.45, 7) is 0. The van der Waals surface area contributed by atoms with Crippen LogP contribution in [-0.2, 0) is 23.8 Å². The maximum absolute atomic E-state index is 11.5. The number of methoxy groups -OCH3 is 2. The molecule has 0 radical (unpaired) electrons. The van der Waals surface area contributed by atoms with Crippen molar-refractivity contribution in [3.8, 4) is 0 Å². The van der Waals surface area contributed by atoms with Crippen LogP contribution in [0.1, 0.15) is 0 Å². The molecule has 5 heteroatoms. The third-order valence-electron chi connectivity index (χ3n) is 2.85. The van der Waals surface area contributed by atoms with Gasteiger partial charge >= 0.3 is 11.9 Å². The van der Waals surface area contributed by atoms with Crippen molar-refractivity contribution in [1.29, 1.82) is 0 Å². The molecule has 0 aliphatic carbocycles. The van der Waals surface area contributed by atoms with Crippen molar-refractivity contribution < 1.29 is 23.8 Å². The fraction of sp³-hybridized carbons (Fsp3) is 0.600. The average Bonchev–Trinajstić information content (AvgIpc) is 2.86. The van der Waals surface area contributed by atoms with Gasteiger partial charge in [0.1, 0.15) is 11.8 Å². The Bertz CT molecular complexity index is 292. The van der Waals surface area contributed by atoms with Crippen LogP contribution < -0.4 is 0 Å². The quantitative estimate of drug-likeness (QED) is 0.472. The van der Waals surface area contributed by atoms with E-state index in [0.717, 1.165) is 0 Å². The van der Waals surface area contributed by atoms with Gasteiger partial charge in [0.05, 0.1) is 26.4 Å². The zero-order chi connectivity index (χ0) is 11.0. The molecule has 4 atom stereocenters. The third-order valence-corrected chi connectivity index (χ3v) is 2.85. The molecule has 0 saturated carbocycles. The highest BCUT2D eigenvalue weighted by Crippen LogP contribution is 2.40. The van der Waals surface area contributed by atoms with E-state index in [2.05, 4.69) is 9.47 Å². The molecule has 1 saturated heterocycles. The van der Waals surface area contributed by atoms with Gasteiger partial charge in [0.25, 0.3) is 0 Å². The minimum Gasteiger partial charge on any atom is -0.469 e. The first-order valence-electron chi connectivity index (χ1n) is 4.68. The first-order chi connectivity index (χ1) is 7.19. The molecule has 0 aromatic heterocycles. The first kappa shape index (κ1) is 10.2. The monoisotopic (exact) mass is 212 g/mol. The van der Waals surface area contributed by atoms with Crippen LogP contribution in [0.3, 0.4) is 0 Å². The van der Waals surface area contributed by atoms with Gasteiger partial charge in [-0.1, -0.05) is 12.2 Å². The van der Waals surface area contributed by atoms with Crippen LogP contribution in [0.25, 0.3) is 0 Å². The van der Waals surface area contributed by atoms with Crippen LogP contribution in [0, 0.1) is 11.8 Å². The van der Waals surface area contributed by atoms with E-state index in [9.17, 15) is 9.59 Å². The Labute approximate surface area is 87.0 Å². The number of rotatable bonds is 2. The molecule has 5 nitrogen and oxygen atoms in total. The zero-order valence-electron chi connectivity index (χ0n) is 8.51. The van der Waals surface area contributed by atoms with E-state index in [1.165, 1.54) is 14.2 Å². The maximum atomic E-state index is 11.5. The lowest BCUT2D eigenvalue weighted by atomic mass is 9.83. The summed E-state index contributed by atoms with van der Waals surface area (Å²) in [5, 5.41) is 0. The predicted octanol–water partition coefficient (Wildman–Crippen LogP) is -0.0980. The van der Waals surface area contributed by atoms with Crippen LogP contribution in [0.2, 0.25) is 0 Å². The molecule has 1 fully saturated rings. The Hall–Kier alpha value is -1.36. The molecule has 82 valence electrons. The molecule has 0 unspecified atom stereocenters. The number of fused-ring (bicyclic) bond motifs is 2. The van der Waals surface area contributed by atoms with E-state index in [1.807, 2.05) is 0 Å². The Morgan fingerprint density at radius 1 is 1.00 bits per heavy atom. The standard InChI is InChI=1S/C10H12O5/c1-13-9(11)7-5-3-4-6(15-5)8(7)10(12)14-2/h3-8H,1-2H3/t5-,6+,7+,8-. The number of carbonyl (C=O) groups is 2. The summed E-state index contributed by atoms with van der Waals surface area (Å²) >= 11 is 0. The number of ether oxygens (including phenoxy) is 3. The van der Waals surface area contributed by atoms with Gasteiger partial charge in [-0.2, -0.15) is 0 Å². The summed E-state index contributed by atoms with van der Waals surface area (Å²) in [5.74, 6) is -2.00. The molecular weight excluding hydrogens is 200 g/mol. The summed E-state index contributed by atoms with van der Waals surface area (Å²) < 4.78 is 14.7. The van der Waals surface area contributed by atoms with Gasteiger partial charge in [-0.05, 0) is 0 Å². The second-order valence-electron chi connectivity index (χ2n) is 3.55. The smallest absolute Gasteiger partial charge is 0.312 e. The lowest BCUT2D eigenvalue weighted by Crippen LogP contribution is -2.37. The van der Waals surface area contributed by atoms with Crippen molar-refractivity contribution in [2.75, 3.05) is 14.2 Å². The zero-order valence-corrected chi connectivity index (χ0v) is 8.51. The summed E-state index contributed by atoms with van der Waals surface area (Å²) in [6.07, 6.45) is 2.86. The van der Waals surface area contributed by atoms with Crippen molar-refractivity contribution in [3.05, 3.63) is 12.2 Å². The van der Waals surface area contributed by atoms with E-state index >= 15 is 0 Å². The lowest BCUT2D eigenvalue weighted by molar-refractivity contribution is -0.156. The van der Waals surface area contributed by atoms with Crippen molar-refractivity contribution in [1.82, 2.24) is 0 Å². The summed E-state index contributed by atoms with van der Waals surface area (Å²) in [5.41, 5.74) is 0. The topological polar surface area (TPSA) is 61.8 Å². The van der Waals surface area contributed by atoms with E-state index in [4.69, 9.17) is 4.74 Å².